The molecule has 2 N–H and O–H groups in total. The number of rotatable bonds is 2. The minimum absolute atomic E-state index is 0.105. The van der Waals surface area contributed by atoms with Crippen molar-refractivity contribution in [2.75, 3.05) is 25.6 Å². The quantitative estimate of drug-likeness (QED) is 0.601. The zero-order valence-corrected chi connectivity index (χ0v) is 19.7. The van der Waals surface area contributed by atoms with Crippen LogP contribution in [0.5, 0.6) is 5.75 Å². The van der Waals surface area contributed by atoms with E-state index in [9.17, 15) is 9.59 Å². The number of hydrogen-bond donors (Lipinski definition) is 2. The molecule has 34 heavy (non-hydrogen) atoms. The maximum absolute atomic E-state index is 14.2. The average Bonchev–Trinajstić information content (AvgIpc) is 3.35. The van der Waals surface area contributed by atoms with Crippen LogP contribution in [-0.2, 0) is 16.8 Å². The summed E-state index contributed by atoms with van der Waals surface area (Å²) >= 11 is 0. The third-order valence-electron chi connectivity index (χ3n) is 7.91. The standard InChI is InChI=1S/C27H30N4O3/c1-30-23-11-7-6-10-21(23)27(25(30)32)24-19(20-16-18(34-2)12-13-22(20)29-24)14-15-31(27)26(33)28-17-8-4-3-5-9-17/h6-7,10-13,16-17,29H,3-5,8-9,14-15H2,1-2H3,(H,28,33)/t27-/m0/s1. The summed E-state index contributed by atoms with van der Waals surface area (Å²) in [6, 6.07) is 13.8. The molecule has 1 aromatic heterocycles. The van der Waals surface area contributed by atoms with E-state index in [1.807, 2.05) is 42.5 Å². The number of aromatic nitrogens is 1. The van der Waals surface area contributed by atoms with Crippen LogP contribution in [0, 0.1) is 0 Å². The largest absolute Gasteiger partial charge is 0.497 e. The van der Waals surface area contributed by atoms with Crippen LogP contribution in [0.2, 0.25) is 0 Å². The van der Waals surface area contributed by atoms with Gasteiger partial charge in [-0.25, -0.2) is 4.79 Å². The Kier molecular flexibility index (Phi) is 4.83. The maximum Gasteiger partial charge on any atom is 0.319 e. The lowest BCUT2D eigenvalue weighted by Gasteiger charge is -2.44. The molecule has 2 aromatic carbocycles. The second kappa shape index (κ2) is 7.79. The molecule has 7 nitrogen and oxygen atoms in total. The van der Waals surface area contributed by atoms with Gasteiger partial charge in [-0.05, 0) is 49.1 Å². The van der Waals surface area contributed by atoms with Crippen molar-refractivity contribution in [3.05, 3.63) is 59.3 Å². The van der Waals surface area contributed by atoms with E-state index in [-0.39, 0.29) is 18.0 Å². The van der Waals surface area contributed by atoms with Gasteiger partial charge in [0.1, 0.15) is 5.75 Å². The van der Waals surface area contributed by atoms with Crippen LogP contribution >= 0.6 is 0 Å². The van der Waals surface area contributed by atoms with Gasteiger partial charge < -0.3 is 24.8 Å². The summed E-state index contributed by atoms with van der Waals surface area (Å²) in [6.45, 7) is 0.462. The minimum Gasteiger partial charge on any atom is -0.497 e. The van der Waals surface area contributed by atoms with Crippen molar-refractivity contribution in [1.82, 2.24) is 15.2 Å². The Morgan fingerprint density at radius 1 is 1.15 bits per heavy atom. The molecule has 1 saturated carbocycles. The molecule has 7 heteroatoms. The van der Waals surface area contributed by atoms with Crippen LogP contribution < -0.4 is 15.0 Å². The summed E-state index contributed by atoms with van der Waals surface area (Å²) < 4.78 is 5.47. The van der Waals surface area contributed by atoms with Crippen molar-refractivity contribution >= 4 is 28.5 Å². The molecule has 0 unspecified atom stereocenters. The number of hydrogen-bond acceptors (Lipinski definition) is 3. The number of nitrogens with zero attached hydrogens (tertiary/aromatic N) is 2. The van der Waals surface area contributed by atoms with Crippen LogP contribution in [0.3, 0.4) is 0 Å². The van der Waals surface area contributed by atoms with Gasteiger partial charge in [-0.2, -0.15) is 0 Å². The smallest absolute Gasteiger partial charge is 0.319 e. The Hall–Kier alpha value is -3.48. The summed E-state index contributed by atoms with van der Waals surface area (Å²) in [5.74, 6) is 0.669. The number of aromatic amines is 1. The van der Waals surface area contributed by atoms with Crippen molar-refractivity contribution in [3.63, 3.8) is 0 Å². The van der Waals surface area contributed by atoms with Crippen molar-refractivity contribution < 1.29 is 14.3 Å². The van der Waals surface area contributed by atoms with Gasteiger partial charge in [0.2, 0.25) is 0 Å². The number of fused-ring (bicyclic) bond motifs is 6. The van der Waals surface area contributed by atoms with E-state index in [1.54, 1.807) is 24.0 Å². The van der Waals surface area contributed by atoms with E-state index in [0.717, 1.165) is 64.8 Å². The lowest BCUT2D eigenvalue weighted by Crippen LogP contribution is -2.62. The predicted octanol–water partition coefficient (Wildman–Crippen LogP) is 4.30. The van der Waals surface area contributed by atoms with E-state index in [2.05, 4.69) is 10.3 Å². The van der Waals surface area contributed by atoms with Crippen molar-refractivity contribution in [3.8, 4) is 5.75 Å². The number of urea groups is 1. The summed E-state index contributed by atoms with van der Waals surface area (Å²) in [5.41, 5.74) is 3.29. The fourth-order valence-electron chi connectivity index (χ4n) is 6.24. The molecule has 1 fully saturated rings. The number of H-pyrrole nitrogens is 1. The molecule has 3 aliphatic rings. The van der Waals surface area contributed by atoms with Crippen molar-refractivity contribution in [2.45, 2.75) is 50.1 Å². The summed E-state index contributed by atoms with van der Waals surface area (Å²) in [7, 11) is 3.46. The predicted molar refractivity (Wildman–Crippen MR) is 131 cm³/mol. The molecule has 1 aliphatic carbocycles. The molecule has 1 spiro atoms. The Morgan fingerprint density at radius 3 is 2.74 bits per heavy atom. The maximum atomic E-state index is 14.2. The van der Waals surface area contributed by atoms with Crippen LogP contribution in [0.1, 0.15) is 48.9 Å². The number of carbonyl (C=O) groups is 2. The Labute approximate surface area is 199 Å². The summed E-state index contributed by atoms with van der Waals surface area (Å²) in [5, 5.41) is 4.31. The number of amides is 3. The molecule has 6 rings (SSSR count). The number of carbonyl (C=O) groups excluding carboxylic acids is 2. The molecule has 3 aromatic rings. The minimum atomic E-state index is -1.22. The van der Waals surface area contributed by atoms with E-state index in [4.69, 9.17) is 4.74 Å². The first-order valence-electron chi connectivity index (χ1n) is 12.2. The summed E-state index contributed by atoms with van der Waals surface area (Å²) in [4.78, 5) is 35.0. The third-order valence-corrected chi connectivity index (χ3v) is 7.91. The number of methoxy groups -OCH3 is 1. The molecule has 3 amide bonds. The van der Waals surface area contributed by atoms with Crippen molar-refractivity contribution in [1.29, 1.82) is 0 Å². The zero-order valence-electron chi connectivity index (χ0n) is 19.7. The third kappa shape index (κ3) is 2.82. The first-order valence-corrected chi connectivity index (χ1v) is 12.2. The van der Waals surface area contributed by atoms with Gasteiger partial charge >= 0.3 is 6.03 Å². The fourth-order valence-corrected chi connectivity index (χ4v) is 6.24. The topological polar surface area (TPSA) is 77.7 Å². The van der Waals surface area contributed by atoms with Gasteiger partial charge in [-0.3, -0.25) is 4.79 Å². The highest BCUT2D eigenvalue weighted by Crippen LogP contribution is 2.51. The molecule has 0 saturated heterocycles. The monoisotopic (exact) mass is 458 g/mol. The Bertz CT molecular complexity index is 1290. The number of para-hydroxylation sites is 1. The molecular formula is C27H30N4O3. The molecule has 0 bridgehead atoms. The summed E-state index contributed by atoms with van der Waals surface area (Å²) in [6.07, 6.45) is 6.14. The number of benzene rings is 2. The average molecular weight is 459 g/mol. The first-order chi connectivity index (χ1) is 16.6. The first kappa shape index (κ1) is 21.1. The lowest BCUT2D eigenvalue weighted by molar-refractivity contribution is -0.126. The van der Waals surface area contributed by atoms with Crippen LogP contribution in [0.4, 0.5) is 10.5 Å². The van der Waals surface area contributed by atoms with Crippen LogP contribution in [0.25, 0.3) is 10.9 Å². The van der Waals surface area contributed by atoms with E-state index in [1.165, 1.54) is 6.42 Å². The zero-order chi connectivity index (χ0) is 23.4. The molecule has 0 radical (unpaired) electrons. The fraction of sp³-hybridized carbons (Fsp3) is 0.407. The highest BCUT2D eigenvalue weighted by Gasteiger charge is 2.60. The van der Waals surface area contributed by atoms with Gasteiger partial charge in [0, 0.05) is 41.8 Å². The van der Waals surface area contributed by atoms with E-state index in [0.29, 0.717) is 13.0 Å². The highest BCUT2D eigenvalue weighted by molar-refractivity contribution is 6.12. The molecular weight excluding hydrogens is 428 g/mol. The SMILES string of the molecule is COc1ccc2[nH]c3c(c2c1)CCN(C(=O)NC1CCCCC1)[C@]31C(=O)N(C)c2ccccc21. The van der Waals surface area contributed by atoms with E-state index < -0.39 is 5.54 Å². The Balaban J connectivity index is 1.55. The van der Waals surface area contributed by atoms with Gasteiger partial charge in [-0.1, -0.05) is 37.5 Å². The Morgan fingerprint density at radius 2 is 1.94 bits per heavy atom. The van der Waals surface area contributed by atoms with Crippen molar-refractivity contribution in [2.24, 2.45) is 0 Å². The lowest BCUT2D eigenvalue weighted by atomic mass is 9.80. The van der Waals surface area contributed by atoms with Crippen LogP contribution in [-0.4, -0.2) is 48.6 Å². The molecule has 3 heterocycles. The number of likely N-dealkylation sites (N-methyl/N-ethyl adjacent to an activating group) is 1. The van der Waals surface area contributed by atoms with Gasteiger partial charge in [0.15, 0.2) is 5.54 Å². The molecule has 176 valence electrons. The molecule has 1 atom stereocenters. The highest BCUT2D eigenvalue weighted by atomic mass is 16.5. The molecule has 2 aliphatic heterocycles. The normalized spacial score (nSPS) is 22.2. The van der Waals surface area contributed by atoms with Crippen LogP contribution in [0.15, 0.2) is 42.5 Å². The number of nitrogens with one attached hydrogen (secondary N) is 2. The second-order valence-corrected chi connectivity index (χ2v) is 9.67. The number of ether oxygens (including phenoxy) is 1. The van der Waals surface area contributed by atoms with Gasteiger partial charge in [0.05, 0.1) is 12.8 Å². The van der Waals surface area contributed by atoms with Gasteiger partial charge in [0.25, 0.3) is 5.91 Å². The second-order valence-electron chi connectivity index (χ2n) is 9.67. The number of anilines is 1. The van der Waals surface area contributed by atoms with Gasteiger partial charge in [-0.15, -0.1) is 0 Å². The van der Waals surface area contributed by atoms with E-state index >= 15 is 0 Å².